The van der Waals surface area contributed by atoms with Crippen molar-refractivity contribution >= 4 is 22.1 Å². The first kappa shape index (κ1) is 18.4. The van der Waals surface area contributed by atoms with Crippen LogP contribution in [0.2, 0.25) is 0 Å². The number of carbonyl (C=O) groups excluding carboxylic acids is 2. The van der Waals surface area contributed by atoms with Crippen molar-refractivity contribution in [2.45, 2.75) is 19.1 Å². The van der Waals surface area contributed by atoms with Gasteiger partial charge in [0.05, 0.1) is 5.92 Å². The van der Waals surface area contributed by atoms with Crippen LogP contribution in [0.25, 0.3) is 0 Å². The van der Waals surface area contributed by atoms with Crippen LogP contribution in [0.3, 0.4) is 0 Å². The molecule has 0 saturated heterocycles. The summed E-state index contributed by atoms with van der Waals surface area (Å²) in [6.45, 7) is 3.61. The molecule has 0 aromatic heterocycles. The Bertz CT molecular complexity index is 498. The fraction of sp³-hybridized carbons (Fsp3) is 0.600. The van der Waals surface area contributed by atoms with E-state index < -0.39 is 46.4 Å². The molecule has 116 valence electrons. The van der Waals surface area contributed by atoms with Gasteiger partial charge in [-0.15, -0.1) is 0 Å². The molecule has 0 aromatic rings. The largest absolute Gasteiger partial charge is 0.461 e. The summed E-state index contributed by atoms with van der Waals surface area (Å²) in [6.07, 6.45) is 0. The van der Waals surface area contributed by atoms with Crippen LogP contribution in [-0.2, 0) is 29.2 Å². The van der Waals surface area contributed by atoms with Crippen LogP contribution in [0.1, 0.15) is 13.8 Å². The molecule has 0 heterocycles. The molecule has 0 fully saturated rings. The fourth-order valence-electron chi connectivity index (χ4n) is 0.764. The quantitative estimate of drug-likeness (QED) is 0.420. The van der Waals surface area contributed by atoms with E-state index in [1.165, 1.54) is 13.8 Å². The van der Waals surface area contributed by atoms with Gasteiger partial charge in [0.25, 0.3) is 0 Å². The molecule has 7 nitrogen and oxygen atoms in total. The first-order valence-corrected chi connectivity index (χ1v) is 6.66. The topological polar surface area (TPSA) is 107 Å². The van der Waals surface area contributed by atoms with E-state index in [4.69, 9.17) is 4.55 Å². The molecular formula is C10H14F2O7S. The lowest BCUT2D eigenvalue weighted by Gasteiger charge is -2.15. The van der Waals surface area contributed by atoms with Gasteiger partial charge in [0.15, 0.2) is 6.61 Å². The van der Waals surface area contributed by atoms with Gasteiger partial charge in [0.1, 0.15) is 6.61 Å². The van der Waals surface area contributed by atoms with Crippen LogP contribution in [0.5, 0.6) is 0 Å². The molecule has 1 unspecified atom stereocenters. The standard InChI is InChI=1S/C10H14F2O7S/c1-6(2)8(13)18-4-7(3)9(14)19-5-10(11,12)20(15,16)17/h7H,1,4-5H2,2-3H3,(H,15,16,17). The normalized spacial score (nSPS) is 13.4. The molecule has 0 amide bonds. The highest BCUT2D eigenvalue weighted by Crippen LogP contribution is 2.21. The van der Waals surface area contributed by atoms with E-state index in [0.29, 0.717) is 0 Å². The van der Waals surface area contributed by atoms with Crippen molar-refractivity contribution in [1.29, 1.82) is 0 Å². The Morgan fingerprint density at radius 2 is 1.85 bits per heavy atom. The third kappa shape index (κ3) is 5.61. The molecule has 10 heteroatoms. The number of rotatable bonds is 7. The van der Waals surface area contributed by atoms with Crippen LogP contribution in [0.15, 0.2) is 12.2 Å². The molecule has 0 aliphatic heterocycles. The first-order chi connectivity index (χ1) is 8.88. The van der Waals surface area contributed by atoms with Crippen molar-refractivity contribution in [2.24, 2.45) is 5.92 Å². The Hall–Kier alpha value is -1.55. The van der Waals surface area contributed by atoms with Crippen molar-refractivity contribution in [3.8, 4) is 0 Å². The highest BCUT2D eigenvalue weighted by atomic mass is 32.2. The summed E-state index contributed by atoms with van der Waals surface area (Å²) in [6, 6.07) is 0. The van der Waals surface area contributed by atoms with Crippen LogP contribution >= 0.6 is 0 Å². The van der Waals surface area contributed by atoms with E-state index in [-0.39, 0.29) is 5.57 Å². The van der Waals surface area contributed by atoms with Gasteiger partial charge in [-0.25, -0.2) is 4.79 Å². The summed E-state index contributed by atoms with van der Waals surface area (Å²) in [5.74, 6) is -3.06. The Labute approximate surface area is 114 Å². The van der Waals surface area contributed by atoms with E-state index in [1.54, 1.807) is 0 Å². The van der Waals surface area contributed by atoms with Crippen molar-refractivity contribution in [3.05, 3.63) is 12.2 Å². The zero-order valence-corrected chi connectivity index (χ0v) is 11.6. The number of hydrogen-bond donors (Lipinski definition) is 1. The average molecular weight is 316 g/mol. The Balaban J connectivity index is 4.36. The third-order valence-corrected chi connectivity index (χ3v) is 2.85. The summed E-state index contributed by atoms with van der Waals surface area (Å²) in [7, 11) is -5.67. The number of esters is 2. The van der Waals surface area contributed by atoms with Crippen molar-refractivity contribution in [2.75, 3.05) is 13.2 Å². The molecule has 0 radical (unpaired) electrons. The second-order valence-corrected chi connectivity index (χ2v) is 5.55. The van der Waals surface area contributed by atoms with Gasteiger partial charge in [-0.2, -0.15) is 17.2 Å². The summed E-state index contributed by atoms with van der Waals surface area (Å²) >= 11 is 0. The van der Waals surface area contributed by atoms with Gasteiger partial charge in [0, 0.05) is 5.57 Å². The van der Waals surface area contributed by atoms with Gasteiger partial charge in [-0.1, -0.05) is 6.58 Å². The van der Waals surface area contributed by atoms with Crippen LogP contribution in [0, 0.1) is 5.92 Å². The maximum Gasteiger partial charge on any atom is 0.402 e. The van der Waals surface area contributed by atoms with E-state index in [9.17, 15) is 26.8 Å². The minimum Gasteiger partial charge on any atom is -0.461 e. The van der Waals surface area contributed by atoms with Crippen molar-refractivity contribution in [3.63, 3.8) is 0 Å². The second kappa shape index (κ2) is 6.75. The summed E-state index contributed by atoms with van der Waals surface area (Å²) in [4.78, 5) is 22.3. The van der Waals surface area contributed by atoms with Crippen LogP contribution in [-0.4, -0.2) is 43.4 Å². The van der Waals surface area contributed by atoms with Gasteiger partial charge in [-0.05, 0) is 13.8 Å². The van der Waals surface area contributed by atoms with Crippen LogP contribution in [0.4, 0.5) is 8.78 Å². The van der Waals surface area contributed by atoms with Gasteiger partial charge < -0.3 is 9.47 Å². The Kier molecular flexibility index (Phi) is 6.23. The molecule has 1 atom stereocenters. The van der Waals surface area contributed by atoms with E-state index in [0.717, 1.165) is 0 Å². The molecule has 0 aliphatic rings. The third-order valence-electron chi connectivity index (χ3n) is 1.98. The molecule has 0 aliphatic carbocycles. The molecule has 0 rings (SSSR count). The van der Waals surface area contributed by atoms with Crippen molar-refractivity contribution < 1.29 is 40.8 Å². The monoisotopic (exact) mass is 316 g/mol. The summed E-state index contributed by atoms with van der Waals surface area (Å²) in [5.41, 5.74) is 0.0866. The summed E-state index contributed by atoms with van der Waals surface area (Å²) in [5, 5.41) is -4.60. The Morgan fingerprint density at radius 1 is 1.35 bits per heavy atom. The number of alkyl halides is 2. The fourth-order valence-corrected chi connectivity index (χ4v) is 0.972. The number of ether oxygens (including phenoxy) is 2. The molecule has 1 N–H and O–H groups in total. The summed E-state index contributed by atoms with van der Waals surface area (Å²) < 4.78 is 62.9. The predicted octanol–water partition coefficient (Wildman–Crippen LogP) is 0.766. The van der Waals surface area contributed by atoms with Gasteiger partial charge in [-0.3, -0.25) is 9.35 Å². The molecule has 20 heavy (non-hydrogen) atoms. The van der Waals surface area contributed by atoms with E-state index in [1.807, 2.05) is 0 Å². The maximum atomic E-state index is 12.8. The lowest BCUT2D eigenvalue weighted by Crippen LogP contribution is -2.36. The SMILES string of the molecule is C=C(C)C(=O)OCC(C)C(=O)OCC(F)(F)S(=O)(=O)O. The molecule has 0 bridgehead atoms. The minimum atomic E-state index is -5.67. The number of hydrogen-bond acceptors (Lipinski definition) is 6. The molecule has 0 aromatic carbocycles. The second-order valence-electron chi connectivity index (χ2n) is 4.00. The molecule has 0 spiro atoms. The Morgan fingerprint density at radius 3 is 2.25 bits per heavy atom. The van der Waals surface area contributed by atoms with E-state index in [2.05, 4.69) is 16.1 Å². The smallest absolute Gasteiger partial charge is 0.402 e. The first-order valence-electron chi connectivity index (χ1n) is 5.22. The number of halogens is 2. The maximum absolute atomic E-state index is 12.8. The number of carbonyl (C=O) groups is 2. The van der Waals surface area contributed by atoms with Crippen molar-refractivity contribution in [1.82, 2.24) is 0 Å². The lowest BCUT2D eigenvalue weighted by atomic mass is 10.2. The molecular weight excluding hydrogens is 302 g/mol. The zero-order chi connectivity index (χ0) is 16.1. The highest BCUT2D eigenvalue weighted by Gasteiger charge is 2.45. The predicted molar refractivity (Wildman–Crippen MR) is 62.4 cm³/mol. The zero-order valence-electron chi connectivity index (χ0n) is 10.8. The lowest BCUT2D eigenvalue weighted by molar-refractivity contribution is -0.157. The van der Waals surface area contributed by atoms with Gasteiger partial charge >= 0.3 is 27.3 Å². The highest BCUT2D eigenvalue weighted by molar-refractivity contribution is 7.86. The van der Waals surface area contributed by atoms with Crippen LogP contribution < -0.4 is 0 Å². The minimum absolute atomic E-state index is 0.0866. The van der Waals surface area contributed by atoms with E-state index >= 15 is 0 Å². The van der Waals surface area contributed by atoms with Gasteiger partial charge in [0.2, 0.25) is 0 Å². The average Bonchev–Trinajstić information content (AvgIpc) is 2.30. The molecule has 0 saturated carbocycles.